The minimum atomic E-state index is -2.65. The molecule has 8 nitrogen and oxygen atoms in total. The second-order valence-electron chi connectivity index (χ2n) is 12.3. The first-order chi connectivity index (χ1) is 18.5. The van der Waals surface area contributed by atoms with Crippen LogP contribution in [0.1, 0.15) is 77.0 Å². The van der Waals surface area contributed by atoms with Gasteiger partial charge in [-0.2, -0.15) is 0 Å². The van der Waals surface area contributed by atoms with Crippen molar-refractivity contribution in [3.05, 3.63) is 29.8 Å². The van der Waals surface area contributed by atoms with E-state index < -0.39 is 40.6 Å². The van der Waals surface area contributed by atoms with Crippen molar-refractivity contribution in [2.24, 2.45) is 11.3 Å². The molecule has 1 saturated heterocycles. The molecule has 2 atom stereocenters. The lowest BCUT2D eigenvalue weighted by molar-refractivity contribution is -0.207. The summed E-state index contributed by atoms with van der Waals surface area (Å²) < 4.78 is 41.1. The van der Waals surface area contributed by atoms with Gasteiger partial charge in [-0.05, 0) is 69.4 Å². The summed E-state index contributed by atoms with van der Waals surface area (Å²) in [7, 11) is 0. The predicted octanol–water partition coefficient (Wildman–Crippen LogP) is 3.91. The topological polar surface area (TPSA) is 107 Å². The van der Waals surface area contributed by atoms with Gasteiger partial charge in [-0.15, -0.1) is 0 Å². The van der Waals surface area contributed by atoms with E-state index in [-0.39, 0.29) is 42.6 Å². The smallest absolute Gasteiger partial charge is 0.249 e. The first-order valence-electron chi connectivity index (χ1n) is 13.9. The van der Waals surface area contributed by atoms with E-state index in [4.69, 9.17) is 0 Å². The van der Waals surface area contributed by atoms with E-state index in [1.54, 1.807) is 17.0 Å². The normalized spacial score (nSPS) is 25.4. The molecule has 1 spiro atoms. The maximum Gasteiger partial charge on any atom is 0.249 e. The van der Waals surface area contributed by atoms with E-state index in [9.17, 15) is 27.6 Å². The van der Waals surface area contributed by atoms with Crippen LogP contribution in [0.2, 0.25) is 0 Å². The first kappa shape index (κ1) is 26.1. The molecule has 1 unspecified atom stereocenters. The summed E-state index contributed by atoms with van der Waals surface area (Å²) in [5.74, 6) is -4.24. The van der Waals surface area contributed by atoms with Gasteiger partial charge in [0, 0.05) is 31.3 Å². The van der Waals surface area contributed by atoms with Crippen LogP contribution >= 0.6 is 0 Å². The zero-order chi connectivity index (χ0) is 27.6. The number of likely N-dealkylation sites (tertiary alicyclic amines) is 1. The fraction of sp³-hybridized carbons (Fsp3) is 0.643. The molecule has 3 saturated carbocycles. The Bertz CT molecular complexity index is 1310. The number of alkyl halides is 2. The number of H-pyrrole nitrogens is 1. The van der Waals surface area contributed by atoms with Gasteiger partial charge in [0.05, 0.1) is 17.5 Å². The summed E-state index contributed by atoms with van der Waals surface area (Å²) in [5, 5.41) is 5.74. The van der Waals surface area contributed by atoms with E-state index in [0.717, 1.165) is 19.3 Å². The third-order valence-corrected chi connectivity index (χ3v) is 9.16. The molecule has 0 bridgehead atoms. The average molecular weight is 546 g/mol. The highest BCUT2D eigenvalue weighted by Gasteiger charge is 2.63. The Hall–Kier alpha value is -3.11. The highest BCUT2D eigenvalue weighted by atomic mass is 19.3. The van der Waals surface area contributed by atoms with Crippen LogP contribution in [0, 0.1) is 17.2 Å². The lowest BCUT2D eigenvalue weighted by atomic mass is 9.50. The number of para-hydroxylation sites is 1. The summed E-state index contributed by atoms with van der Waals surface area (Å²) in [5.41, 5.74) is -0.597. The zero-order valence-corrected chi connectivity index (χ0v) is 22.0. The molecule has 6 rings (SSSR count). The lowest BCUT2D eigenvalue weighted by Crippen LogP contribution is -2.59. The van der Waals surface area contributed by atoms with Crippen molar-refractivity contribution in [3.63, 3.8) is 0 Å². The highest BCUT2D eigenvalue weighted by Crippen LogP contribution is 2.64. The first-order valence-corrected chi connectivity index (χ1v) is 13.9. The Balaban J connectivity index is 1.16. The van der Waals surface area contributed by atoms with Crippen molar-refractivity contribution in [2.75, 3.05) is 6.54 Å². The maximum atomic E-state index is 14.2. The third-order valence-electron chi connectivity index (χ3n) is 9.16. The zero-order valence-electron chi connectivity index (χ0n) is 22.0. The Kier molecular flexibility index (Phi) is 6.18. The molecule has 1 aliphatic heterocycles. The molecule has 3 N–H and O–H groups in total. The van der Waals surface area contributed by atoms with Gasteiger partial charge in [0.25, 0.3) is 0 Å². The fourth-order valence-electron chi connectivity index (χ4n) is 6.86. The number of carbonyl (C=O) groups is 3. The standard InChI is InChI=1S/C28H34F3N5O3/c1-16-5-2-3-10-36(16)21(37)11-20(32-23(38)17-12-26(13-17)14-28(30,31)15-26)24(39)35-27(8-9-27)25-33-19-7-4-6-18(29)22(19)34-25/h4,6-7,16-17,20H,2-3,5,8-15H2,1H3,(H,32,38)(H,33,34)(H,35,39)/t16-,20?/m0/s1. The number of hydrogen-bond acceptors (Lipinski definition) is 4. The van der Waals surface area contributed by atoms with Crippen molar-refractivity contribution < 1.29 is 27.6 Å². The van der Waals surface area contributed by atoms with Crippen molar-refractivity contribution in [3.8, 4) is 0 Å². The fourth-order valence-corrected chi connectivity index (χ4v) is 6.86. The Morgan fingerprint density at radius 3 is 2.56 bits per heavy atom. The monoisotopic (exact) mass is 545 g/mol. The third kappa shape index (κ3) is 4.89. The maximum absolute atomic E-state index is 14.2. The van der Waals surface area contributed by atoms with E-state index in [2.05, 4.69) is 20.6 Å². The van der Waals surface area contributed by atoms with E-state index in [0.29, 0.717) is 43.6 Å². The number of imidazole rings is 1. The quantitative estimate of drug-likeness (QED) is 0.491. The van der Waals surface area contributed by atoms with Gasteiger partial charge in [0.1, 0.15) is 17.4 Å². The molecular weight excluding hydrogens is 511 g/mol. The van der Waals surface area contributed by atoms with Crippen molar-refractivity contribution >= 4 is 28.8 Å². The Morgan fingerprint density at radius 1 is 1.18 bits per heavy atom. The minimum absolute atomic E-state index is 0.0534. The van der Waals surface area contributed by atoms with Crippen LogP contribution in [0.3, 0.4) is 0 Å². The molecule has 0 radical (unpaired) electrons. The van der Waals surface area contributed by atoms with Gasteiger partial charge in [-0.3, -0.25) is 14.4 Å². The van der Waals surface area contributed by atoms with Crippen molar-refractivity contribution in [2.45, 2.75) is 94.7 Å². The summed E-state index contributed by atoms with van der Waals surface area (Å²) in [6.45, 7) is 2.59. The summed E-state index contributed by atoms with van der Waals surface area (Å²) in [6, 6.07) is 3.54. The summed E-state index contributed by atoms with van der Waals surface area (Å²) >= 11 is 0. The number of aromatic nitrogens is 2. The van der Waals surface area contributed by atoms with Gasteiger partial charge in [-0.25, -0.2) is 18.2 Å². The van der Waals surface area contributed by atoms with Gasteiger partial charge in [0.15, 0.2) is 5.82 Å². The number of fused-ring (bicyclic) bond motifs is 1. The van der Waals surface area contributed by atoms with Gasteiger partial charge in [-0.1, -0.05) is 6.07 Å². The Morgan fingerprint density at radius 2 is 1.92 bits per heavy atom. The molecule has 1 aromatic carbocycles. The number of benzene rings is 1. The second-order valence-corrected chi connectivity index (χ2v) is 12.3. The van der Waals surface area contributed by atoms with Crippen molar-refractivity contribution in [1.82, 2.24) is 25.5 Å². The van der Waals surface area contributed by atoms with Crippen LogP contribution in [0.4, 0.5) is 13.2 Å². The lowest BCUT2D eigenvalue weighted by Gasteiger charge is -2.56. The molecule has 4 fully saturated rings. The van der Waals surface area contributed by atoms with E-state index in [1.807, 2.05) is 6.92 Å². The number of nitrogens with zero attached hydrogens (tertiary/aromatic N) is 2. The van der Waals surface area contributed by atoms with Crippen LogP contribution in [0.25, 0.3) is 11.0 Å². The second kappa shape index (κ2) is 9.23. The average Bonchev–Trinajstić information content (AvgIpc) is 3.47. The summed E-state index contributed by atoms with van der Waals surface area (Å²) in [6.07, 6.45) is 4.13. The van der Waals surface area contributed by atoms with E-state index >= 15 is 0 Å². The SMILES string of the molecule is C[C@H]1CCCCN1C(=O)CC(NC(=O)C1CC2(C1)CC(F)(F)C2)C(=O)NC1(c2nc3c(F)cccc3[nH]2)CC1. The molecule has 2 aromatic rings. The number of hydrogen-bond donors (Lipinski definition) is 3. The number of nitrogens with one attached hydrogen (secondary N) is 3. The number of carbonyl (C=O) groups excluding carboxylic acids is 3. The van der Waals surface area contributed by atoms with Crippen molar-refractivity contribution in [1.29, 1.82) is 0 Å². The predicted molar refractivity (Wildman–Crippen MR) is 136 cm³/mol. The molecule has 2 heterocycles. The number of aromatic amines is 1. The van der Waals surface area contributed by atoms with Crippen LogP contribution in [0.15, 0.2) is 18.2 Å². The molecule has 210 valence electrons. The Labute approximate surface area is 224 Å². The number of halogens is 3. The van der Waals surface area contributed by atoms with Crippen LogP contribution in [-0.2, 0) is 19.9 Å². The molecule has 1 aromatic heterocycles. The molecular formula is C28H34F3N5O3. The van der Waals surface area contributed by atoms with Gasteiger partial charge < -0.3 is 20.5 Å². The number of rotatable bonds is 7. The van der Waals surface area contributed by atoms with Crippen LogP contribution < -0.4 is 10.6 Å². The van der Waals surface area contributed by atoms with E-state index in [1.165, 1.54) is 6.07 Å². The molecule has 3 amide bonds. The highest BCUT2D eigenvalue weighted by molar-refractivity contribution is 5.93. The minimum Gasteiger partial charge on any atom is -0.344 e. The molecule has 4 aliphatic rings. The van der Waals surface area contributed by atoms with Crippen LogP contribution in [0.5, 0.6) is 0 Å². The largest absolute Gasteiger partial charge is 0.344 e. The molecule has 3 aliphatic carbocycles. The summed E-state index contributed by atoms with van der Waals surface area (Å²) in [4.78, 5) is 49.2. The molecule has 39 heavy (non-hydrogen) atoms. The van der Waals surface area contributed by atoms with Gasteiger partial charge >= 0.3 is 0 Å². The van der Waals surface area contributed by atoms with Crippen LogP contribution in [-0.4, -0.2) is 57.1 Å². The number of amides is 3. The van der Waals surface area contributed by atoms with Gasteiger partial charge in [0.2, 0.25) is 23.6 Å². The molecule has 11 heteroatoms. The number of piperidine rings is 1.